The topological polar surface area (TPSA) is 114 Å². The maximum absolute atomic E-state index is 15.9. The molecule has 14 heteroatoms. The second-order valence-electron chi connectivity index (χ2n) is 9.65. The molecule has 10 nitrogen and oxygen atoms in total. The number of carbonyl (C=O) groups excluding carboxylic acids is 1. The number of anilines is 2. The lowest BCUT2D eigenvalue weighted by atomic mass is 10.0. The van der Waals surface area contributed by atoms with Gasteiger partial charge in [0.15, 0.2) is 5.82 Å². The van der Waals surface area contributed by atoms with Crippen molar-refractivity contribution in [3.05, 3.63) is 29.2 Å². The highest BCUT2D eigenvalue weighted by atomic mass is 19.4. The summed E-state index contributed by atoms with van der Waals surface area (Å²) in [5.41, 5.74) is 2.65. The number of hydrogen-bond acceptors (Lipinski definition) is 9. The maximum atomic E-state index is 15.9. The normalized spacial score (nSPS) is 15.3. The first-order valence-corrected chi connectivity index (χ1v) is 12.2. The lowest BCUT2D eigenvalue weighted by Gasteiger charge is -2.27. The highest BCUT2D eigenvalue weighted by Crippen LogP contribution is 2.40. The number of fused-ring (bicyclic) bond motifs is 1. The molecule has 212 valence electrons. The van der Waals surface area contributed by atoms with Gasteiger partial charge in [-0.25, -0.2) is 9.37 Å². The third kappa shape index (κ3) is 5.69. The number of likely N-dealkylation sites (tertiary alicyclic amines) is 1. The molecule has 1 fully saturated rings. The number of nitrogens with zero attached hydrogens (tertiary/aromatic N) is 7. The van der Waals surface area contributed by atoms with E-state index in [4.69, 9.17) is 10.5 Å². The zero-order chi connectivity index (χ0) is 29.4. The fourth-order valence-corrected chi connectivity index (χ4v) is 4.54. The number of carbonyl (C=O) groups is 1. The number of ether oxygens (including phenoxy) is 1. The van der Waals surface area contributed by atoms with Crippen LogP contribution in [0.15, 0.2) is 12.3 Å². The van der Waals surface area contributed by atoms with E-state index in [1.54, 1.807) is 16.8 Å². The van der Waals surface area contributed by atoms with Gasteiger partial charge in [-0.05, 0) is 45.0 Å². The van der Waals surface area contributed by atoms with Crippen LogP contribution < -0.4 is 15.4 Å². The Hall–Kier alpha value is -4.25. The number of nitrogens with two attached hydrogens (primary N) is 1. The van der Waals surface area contributed by atoms with Crippen LogP contribution in [0.4, 0.5) is 29.2 Å². The predicted molar refractivity (Wildman–Crippen MR) is 141 cm³/mol. The monoisotopic (exact) mass is 560 g/mol. The highest BCUT2D eigenvalue weighted by Gasteiger charge is 2.38. The molecule has 1 atom stereocenters. The second kappa shape index (κ2) is 11.1. The summed E-state index contributed by atoms with van der Waals surface area (Å²) in [6.07, 6.45) is -3.05. The molecule has 0 radical (unpaired) electrons. The van der Waals surface area contributed by atoms with Gasteiger partial charge < -0.3 is 20.3 Å². The van der Waals surface area contributed by atoms with Gasteiger partial charge in [0, 0.05) is 32.4 Å². The summed E-state index contributed by atoms with van der Waals surface area (Å²) in [5, 5.41) is 0.147. The fraction of sp³-hybridized carbons (Fsp3) is 0.423. The summed E-state index contributed by atoms with van der Waals surface area (Å²) < 4.78 is 62.8. The minimum atomic E-state index is -4.83. The summed E-state index contributed by atoms with van der Waals surface area (Å²) in [6, 6.07) is 0.659. The average molecular weight is 561 g/mol. The molecule has 1 saturated heterocycles. The molecule has 3 aromatic heterocycles. The molecule has 3 aromatic rings. The van der Waals surface area contributed by atoms with E-state index >= 15 is 4.39 Å². The van der Waals surface area contributed by atoms with E-state index in [0.717, 1.165) is 6.07 Å². The Balaban J connectivity index is 1.75. The second-order valence-corrected chi connectivity index (χ2v) is 9.65. The standard InChI is InChI=1S/C26H28F4N8O2/c1-14-11-17(31)33-22(19(14)26(28,29)30)23-20(27)21-16(12-32-23)24(35-25(34-21)40-5)37(4)15-8-10-38(13-15)18(39)7-6-9-36(2)3/h11-12,15H,8-10,13H2,1-5H3,(H2,31,33). The number of aromatic nitrogens is 4. The third-order valence-corrected chi connectivity index (χ3v) is 6.49. The van der Waals surface area contributed by atoms with Crippen LogP contribution in [0.25, 0.3) is 22.3 Å². The molecule has 1 amide bonds. The van der Waals surface area contributed by atoms with E-state index in [1.165, 1.54) is 20.2 Å². The SMILES string of the molecule is COc1nc(N(C)C2CCN(C(=O)C#CCN(C)C)C2)c2cnc(-c3nc(N)cc(C)c3C(F)(F)F)c(F)c2n1. The molecule has 0 saturated carbocycles. The van der Waals surface area contributed by atoms with Gasteiger partial charge in [0.2, 0.25) is 0 Å². The van der Waals surface area contributed by atoms with Crippen molar-refractivity contribution >= 4 is 28.4 Å². The number of amides is 1. The molecular formula is C26H28F4N8O2. The van der Waals surface area contributed by atoms with Crippen LogP contribution >= 0.6 is 0 Å². The molecule has 4 heterocycles. The summed E-state index contributed by atoms with van der Waals surface area (Å²) in [6.45, 7) is 2.47. The first-order chi connectivity index (χ1) is 18.8. The number of nitrogen functional groups attached to an aromatic ring is 1. The van der Waals surface area contributed by atoms with Crippen molar-refractivity contribution in [1.29, 1.82) is 0 Å². The Kier molecular flexibility index (Phi) is 7.97. The van der Waals surface area contributed by atoms with Crippen molar-refractivity contribution in [3.8, 4) is 29.2 Å². The van der Waals surface area contributed by atoms with Gasteiger partial charge >= 0.3 is 12.2 Å². The molecule has 0 bridgehead atoms. The summed E-state index contributed by atoms with van der Waals surface area (Å²) in [7, 11) is 6.71. The van der Waals surface area contributed by atoms with Crippen LogP contribution in [0.5, 0.6) is 6.01 Å². The minimum absolute atomic E-state index is 0.147. The van der Waals surface area contributed by atoms with Crippen molar-refractivity contribution in [2.75, 3.05) is 58.5 Å². The van der Waals surface area contributed by atoms with E-state index in [2.05, 4.69) is 31.8 Å². The van der Waals surface area contributed by atoms with Crippen molar-refractivity contribution < 1.29 is 27.1 Å². The first kappa shape index (κ1) is 28.8. The molecule has 40 heavy (non-hydrogen) atoms. The largest absolute Gasteiger partial charge is 0.467 e. The maximum Gasteiger partial charge on any atom is 0.418 e. The number of methoxy groups -OCH3 is 1. The van der Waals surface area contributed by atoms with Crippen LogP contribution in [0.1, 0.15) is 17.5 Å². The van der Waals surface area contributed by atoms with Crippen molar-refractivity contribution in [1.82, 2.24) is 29.7 Å². The van der Waals surface area contributed by atoms with Crippen molar-refractivity contribution in [3.63, 3.8) is 0 Å². The zero-order valence-corrected chi connectivity index (χ0v) is 22.6. The quantitative estimate of drug-likeness (QED) is 0.372. The van der Waals surface area contributed by atoms with E-state index < -0.39 is 28.9 Å². The van der Waals surface area contributed by atoms with E-state index in [1.807, 2.05) is 19.0 Å². The van der Waals surface area contributed by atoms with Crippen molar-refractivity contribution in [2.24, 2.45) is 0 Å². The van der Waals surface area contributed by atoms with Crippen molar-refractivity contribution in [2.45, 2.75) is 25.6 Å². The number of halogens is 4. The van der Waals surface area contributed by atoms with Gasteiger partial charge in [0.25, 0.3) is 5.91 Å². The highest BCUT2D eigenvalue weighted by molar-refractivity contribution is 5.94. The van der Waals surface area contributed by atoms with E-state index in [0.29, 0.717) is 26.1 Å². The van der Waals surface area contributed by atoms with E-state index in [-0.39, 0.29) is 46.1 Å². The number of aryl methyl sites for hydroxylation is 1. The van der Waals surface area contributed by atoms with Gasteiger partial charge in [-0.15, -0.1) is 0 Å². The summed E-state index contributed by atoms with van der Waals surface area (Å²) >= 11 is 0. The Labute approximate surface area is 228 Å². The minimum Gasteiger partial charge on any atom is -0.467 e. The molecule has 0 spiro atoms. The van der Waals surface area contributed by atoms with Crippen LogP contribution in [0.2, 0.25) is 0 Å². The number of rotatable bonds is 5. The van der Waals surface area contributed by atoms with Gasteiger partial charge in [-0.1, -0.05) is 5.92 Å². The molecule has 4 rings (SSSR count). The number of pyridine rings is 2. The number of alkyl halides is 3. The van der Waals surface area contributed by atoms with Crippen LogP contribution in [-0.4, -0.2) is 89.6 Å². The Morgan fingerprint density at radius 1 is 1.23 bits per heavy atom. The smallest absolute Gasteiger partial charge is 0.418 e. The lowest BCUT2D eigenvalue weighted by molar-refractivity contribution is -0.137. The van der Waals surface area contributed by atoms with Crippen LogP contribution in [0.3, 0.4) is 0 Å². The van der Waals surface area contributed by atoms with Gasteiger partial charge in [0.1, 0.15) is 28.5 Å². The predicted octanol–water partition coefficient (Wildman–Crippen LogP) is 2.75. The Morgan fingerprint density at radius 3 is 2.60 bits per heavy atom. The number of hydrogen-bond donors (Lipinski definition) is 1. The van der Waals surface area contributed by atoms with Gasteiger partial charge in [-0.3, -0.25) is 14.7 Å². The fourth-order valence-electron chi connectivity index (χ4n) is 4.54. The molecule has 2 N–H and O–H groups in total. The molecule has 0 aromatic carbocycles. The Bertz CT molecular complexity index is 1520. The summed E-state index contributed by atoms with van der Waals surface area (Å²) in [4.78, 5) is 34.0. The lowest BCUT2D eigenvalue weighted by Crippen LogP contribution is -2.37. The summed E-state index contributed by atoms with van der Waals surface area (Å²) in [5.74, 6) is 4.05. The number of likely N-dealkylation sites (N-methyl/N-ethyl adjacent to an activating group) is 1. The molecule has 1 aliphatic heterocycles. The molecule has 1 unspecified atom stereocenters. The molecule has 1 aliphatic rings. The third-order valence-electron chi connectivity index (χ3n) is 6.49. The van der Waals surface area contributed by atoms with E-state index in [9.17, 15) is 18.0 Å². The molecule has 0 aliphatic carbocycles. The van der Waals surface area contributed by atoms with Crippen LogP contribution in [-0.2, 0) is 11.0 Å². The zero-order valence-electron chi connectivity index (χ0n) is 22.6. The first-order valence-electron chi connectivity index (χ1n) is 12.2. The van der Waals surface area contributed by atoms with Gasteiger partial charge in [-0.2, -0.15) is 23.1 Å². The molecular weight excluding hydrogens is 532 g/mol. The Morgan fingerprint density at radius 2 is 1.95 bits per heavy atom. The van der Waals surface area contributed by atoms with Gasteiger partial charge in [0.05, 0.1) is 24.6 Å². The van der Waals surface area contributed by atoms with Crippen LogP contribution in [0, 0.1) is 24.6 Å². The average Bonchev–Trinajstić information content (AvgIpc) is 3.37.